The maximum atomic E-state index is 12.9. The van der Waals surface area contributed by atoms with Crippen molar-refractivity contribution in [2.45, 2.75) is 0 Å². The van der Waals surface area contributed by atoms with E-state index in [2.05, 4.69) is 15.0 Å². The minimum Gasteiger partial charge on any atom is -0.296 e. The van der Waals surface area contributed by atoms with E-state index in [9.17, 15) is 9.18 Å². The summed E-state index contributed by atoms with van der Waals surface area (Å²) in [6.07, 6.45) is 1.46. The molecule has 3 aromatic rings. The van der Waals surface area contributed by atoms with Crippen LogP contribution in [0.1, 0.15) is 0 Å². The third kappa shape index (κ3) is 2.74. The number of likely N-dealkylation sites (N-methyl/N-ethyl adjacent to an activating group) is 1. The lowest BCUT2D eigenvalue weighted by atomic mass is 10.3. The van der Waals surface area contributed by atoms with Gasteiger partial charge in [0.15, 0.2) is 0 Å². The van der Waals surface area contributed by atoms with Crippen LogP contribution in [0, 0.1) is 5.95 Å². The first-order valence-corrected chi connectivity index (χ1v) is 8.30. The summed E-state index contributed by atoms with van der Waals surface area (Å²) in [5, 5.41) is 0.729. The molecule has 0 aromatic carbocycles. The van der Waals surface area contributed by atoms with E-state index in [0.29, 0.717) is 18.9 Å². The molecule has 1 aliphatic rings. The van der Waals surface area contributed by atoms with Gasteiger partial charge in [0.25, 0.3) is 0 Å². The second kappa shape index (κ2) is 5.88. The zero-order valence-corrected chi connectivity index (χ0v) is 13.8. The molecular formula is C16H14FN5OS. The van der Waals surface area contributed by atoms with Crippen LogP contribution in [0.5, 0.6) is 0 Å². The molecule has 122 valence electrons. The summed E-state index contributed by atoms with van der Waals surface area (Å²) in [5.41, 5.74) is 1.50. The van der Waals surface area contributed by atoms with E-state index < -0.39 is 5.95 Å². The highest BCUT2D eigenvalue weighted by Gasteiger charge is 2.24. The highest BCUT2D eigenvalue weighted by Crippen LogP contribution is 2.30. The summed E-state index contributed by atoms with van der Waals surface area (Å²) >= 11 is 1.40. The van der Waals surface area contributed by atoms with Crippen molar-refractivity contribution < 1.29 is 9.18 Å². The zero-order chi connectivity index (χ0) is 16.7. The van der Waals surface area contributed by atoms with E-state index in [1.807, 2.05) is 24.1 Å². The average Bonchev–Trinajstić information content (AvgIpc) is 2.98. The molecule has 24 heavy (non-hydrogen) atoms. The molecule has 1 fully saturated rings. The maximum Gasteiger partial charge on any atom is 0.242 e. The van der Waals surface area contributed by atoms with Gasteiger partial charge in [0.1, 0.15) is 21.2 Å². The monoisotopic (exact) mass is 343 g/mol. The van der Waals surface area contributed by atoms with Crippen LogP contribution in [-0.2, 0) is 4.79 Å². The predicted molar refractivity (Wildman–Crippen MR) is 90.5 cm³/mol. The van der Waals surface area contributed by atoms with Gasteiger partial charge >= 0.3 is 0 Å². The van der Waals surface area contributed by atoms with Crippen molar-refractivity contribution in [3.8, 4) is 10.6 Å². The summed E-state index contributed by atoms with van der Waals surface area (Å²) in [6.45, 7) is 1.84. The number of anilines is 1. The lowest BCUT2D eigenvalue weighted by molar-refractivity contribution is -0.120. The number of halogens is 1. The number of thiazole rings is 1. The third-order valence-electron chi connectivity index (χ3n) is 3.90. The Kier molecular flexibility index (Phi) is 3.70. The van der Waals surface area contributed by atoms with Crippen LogP contribution in [-0.4, -0.2) is 52.4 Å². The Morgan fingerprint density at radius 1 is 1.17 bits per heavy atom. The molecule has 6 nitrogen and oxygen atoms in total. The molecule has 0 aliphatic carbocycles. The number of nitrogens with zero attached hydrogens (tertiary/aromatic N) is 5. The van der Waals surface area contributed by atoms with E-state index in [-0.39, 0.29) is 5.91 Å². The summed E-state index contributed by atoms with van der Waals surface area (Å²) in [7, 11) is 1.93. The van der Waals surface area contributed by atoms with E-state index in [1.165, 1.54) is 23.6 Å². The molecule has 0 spiro atoms. The van der Waals surface area contributed by atoms with E-state index in [1.54, 1.807) is 11.0 Å². The molecule has 0 bridgehead atoms. The molecule has 0 radical (unpaired) electrons. The van der Waals surface area contributed by atoms with Crippen molar-refractivity contribution in [1.82, 2.24) is 19.9 Å². The van der Waals surface area contributed by atoms with Crippen molar-refractivity contribution in [1.29, 1.82) is 0 Å². The number of carbonyl (C=O) groups is 1. The maximum absolute atomic E-state index is 12.9. The Labute approximate surface area is 141 Å². The normalized spacial score (nSPS) is 16.1. The van der Waals surface area contributed by atoms with Crippen LogP contribution in [0.4, 0.5) is 10.2 Å². The van der Waals surface area contributed by atoms with Gasteiger partial charge in [-0.2, -0.15) is 4.39 Å². The summed E-state index contributed by atoms with van der Waals surface area (Å²) in [4.78, 5) is 29.4. The average molecular weight is 343 g/mol. The number of aromatic nitrogens is 3. The molecule has 1 aliphatic heterocycles. The molecule has 0 atom stereocenters. The number of pyridine rings is 2. The molecule has 0 N–H and O–H groups in total. The molecule has 1 saturated heterocycles. The largest absolute Gasteiger partial charge is 0.296 e. The number of piperazine rings is 1. The molecule has 4 heterocycles. The first-order chi connectivity index (χ1) is 11.6. The van der Waals surface area contributed by atoms with Gasteiger partial charge in [-0.15, -0.1) is 0 Å². The fourth-order valence-electron chi connectivity index (χ4n) is 2.62. The number of hydrogen-bond acceptors (Lipinski definition) is 6. The number of amides is 1. The van der Waals surface area contributed by atoms with Crippen molar-refractivity contribution in [3.05, 3.63) is 36.4 Å². The van der Waals surface area contributed by atoms with Gasteiger partial charge in [0.2, 0.25) is 11.9 Å². The highest BCUT2D eigenvalue weighted by molar-refractivity contribution is 7.21. The molecule has 0 unspecified atom stereocenters. The summed E-state index contributed by atoms with van der Waals surface area (Å²) < 4.78 is 12.9. The Balaban J connectivity index is 1.68. The number of hydrogen-bond donors (Lipinski definition) is 0. The van der Waals surface area contributed by atoms with Gasteiger partial charge in [-0.25, -0.2) is 15.0 Å². The molecular weight excluding hydrogens is 329 g/mol. The van der Waals surface area contributed by atoms with Crippen LogP contribution in [0.25, 0.3) is 20.9 Å². The SMILES string of the molecule is CN1CCN(c2ccc3nc(-c4ccc(F)nc4)sc3n2)C(=O)C1. The Bertz CT molecular complexity index is 910. The standard InChI is InChI=1S/C16H14FN5OS/c1-21-6-7-22(14(23)9-21)13-5-3-11-16(20-13)24-15(19-11)10-2-4-12(17)18-8-10/h2-5,8H,6-7,9H2,1H3. The number of rotatable bonds is 2. The van der Waals surface area contributed by atoms with Gasteiger partial charge < -0.3 is 0 Å². The van der Waals surface area contributed by atoms with E-state index in [4.69, 9.17) is 0 Å². The van der Waals surface area contributed by atoms with E-state index in [0.717, 1.165) is 27.5 Å². The van der Waals surface area contributed by atoms with Gasteiger partial charge in [-0.3, -0.25) is 14.6 Å². The Hall–Kier alpha value is -2.45. The number of carbonyl (C=O) groups excluding carboxylic acids is 1. The van der Waals surface area contributed by atoms with E-state index >= 15 is 0 Å². The van der Waals surface area contributed by atoms with Gasteiger partial charge in [-0.05, 0) is 31.3 Å². The van der Waals surface area contributed by atoms with Crippen LogP contribution in [0.15, 0.2) is 30.5 Å². The minimum absolute atomic E-state index is 0.0445. The van der Waals surface area contributed by atoms with Crippen molar-refractivity contribution in [2.24, 2.45) is 0 Å². The molecule has 3 aromatic heterocycles. The fourth-order valence-corrected chi connectivity index (χ4v) is 3.54. The van der Waals surface area contributed by atoms with Crippen molar-refractivity contribution >= 4 is 33.4 Å². The Morgan fingerprint density at radius 2 is 2.04 bits per heavy atom. The second-order valence-corrected chi connectivity index (χ2v) is 6.64. The first kappa shape index (κ1) is 15.1. The van der Waals surface area contributed by atoms with Crippen LogP contribution in [0.2, 0.25) is 0 Å². The Morgan fingerprint density at radius 3 is 2.79 bits per heavy atom. The summed E-state index contributed by atoms with van der Waals surface area (Å²) in [6, 6.07) is 6.63. The first-order valence-electron chi connectivity index (χ1n) is 7.48. The smallest absolute Gasteiger partial charge is 0.242 e. The van der Waals surface area contributed by atoms with Crippen molar-refractivity contribution in [3.63, 3.8) is 0 Å². The lowest BCUT2D eigenvalue weighted by Crippen LogP contribution is -2.49. The van der Waals surface area contributed by atoms with Crippen molar-refractivity contribution in [2.75, 3.05) is 31.6 Å². The second-order valence-electron chi connectivity index (χ2n) is 5.67. The summed E-state index contributed by atoms with van der Waals surface area (Å²) in [5.74, 6) is 0.171. The fraction of sp³-hybridized carbons (Fsp3) is 0.250. The molecule has 4 rings (SSSR count). The quantitative estimate of drug-likeness (QED) is 0.668. The highest BCUT2D eigenvalue weighted by atomic mass is 32.1. The topological polar surface area (TPSA) is 62.2 Å². The zero-order valence-electron chi connectivity index (χ0n) is 12.9. The molecule has 8 heteroatoms. The molecule has 1 amide bonds. The number of fused-ring (bicyclic) bond motifs is 1. The van der Waals surface area contributed by atoms with Gasteiger partial charge in [-0.1, -0.05) is 11.3 Å². The lowest BCUT2D eigenvalue weighted by Gasteiger charge is -2.31. The molecule has 0 saturated carbocycles. The van der Waals surface area contributed by atoms with Crippen LogP contribution >= 0.6 is 11.3 Å². The van der Waals surface area contributed by atoms with Gasteiger partial charge in [0.05, 0.1) is 6.54 Å². The van der Waals surface area contributed by atoms with Crippen LogP contribution in [0.3, 0.4) is 0 Å². The van der Waals surface area contributed by atoms with Gasteiger partial charge in [0, 0.05) is 24.8 Å². The van der Waals surface area contributed by atoms with Crippen LogP contribution < -0.4 is 4.90 Å². The predicted octanol–water partition coefficient (Wildman–Crippen LogP) is 2.17. The third-order valence-corrected chi connectivity index (χ3v) is 4.92. The minimum atomic E-state index is -0.520.